The maximum Gasteiger partial charge on any atom is 0.214 e. The molecular formula is C6H15NO2S2. The molecule has 0 amide bonds. The van der Waals surface area contributed by atoms with Crippen molar-refractivity contribution in [2.75, 3.05) is 18.6 Å². The molecule has 1 N–H and O–H groups in total. The van der Waals surface area contributed by atoms with Gasteiger partial charge in [0.05, 0.1) is 5.25 Å². The minimum Gasteiger partial charge on any atom is -0.218 e. The van der Waals surface area contributed by atoms with Crippen molar-refractivity contribution >= 4 is 21.8 Å². The Morgan fingerprint density at radius 3 is 2.45 bits per heavy atom. The fourth-order valence-electron chi connectivity index (χ4n) is 0.575. The second-order valence-electron chi connectivity index (χ2n) is 2.22. The molecule has 0 saturated carbocycles. The first-order valence-electron chi connectivity index (χ1n) is 3.54. The predicted molar refractivity (Wildman–Crippen MR) is 50.4 cm³/mol. The number of rotatable bonds is 5. The number of nitrogens with one attached hydrogen (secondary N) is 1. The van der Waals surface area contributed by atoms with E-state index in [2.05, 4.69) is 4.72 Å². The standard InChI is InChI=1S/C6H15NO2S2/c1-4-10-5-6(2)11(8,9)7-3/h6-7H,4-5H2,1-3H3. The first kappa shape index (κ1) is 11.3. The Morgan fingerprint density at radius 1 is 1.55 bits per heavy atom. The highest BCUT2D eigenvalue weighted by Gasteiger charge is 2.17. The summed E-state index contributed by atoms with van der Waals surface area (Å²) < 4.78 is 24.5. The van der Waals surface area contributed by atoms with E-state index in [0.29, 0.717) is 5.75 Å². The largest absolute Gasteiger partial charge is 0.218 e. The van der Waals surface area contributed by atoms with Gasteiger partial charge in [0.25, 0.3) is 0 Å². The average Bonchev–Trinajstić information content (AvgIpc) is 2.00. The topological polar surface area (TPSA) is 46.2 Å². The maximum absolute atomic E-state index is 11.1. The summed E-state index contributed by atoms with van der Waals surface area (Å²) >= 11 is 1.64. The van der Waals surface area contributed by atoms with Crippen molar-refractivity contribution < 1.29 is 8.42 Å². The lowest BCUT2D eigenvalue weighted by atomic mass is 10.6. The van der Waals surface area contributed by atoms with Crippen LogP contribution in [0.1, 0.15) is 13.8 Å². The van der Waals surface area contributed by atoms with E-state index in [1.54, 1.807) is 18.7 Å². The lowest BCUT2D eigenvalue weighted by Gasteiger charge is -2.09. The third-order valence-corrected chi connectivity index (χ3v) is 4.52. The molecule has 0 rings (SSSR count). The molecule has 0 aromatic heterocycles. The quantitative estimate of drug-likeness (QED) is 0.705. The Morgan fingerprint density at radius 2 is 2.09 bits per heavy atom. The lowest BCUT2D eigenvalue weighted by Crippen LogP contribution is -2.31. The molecule has 68 valence electrons. The SMILES string of the molecule is CCSCC(C)S(=O)(=O)NC. The van der Waals surface area contributed by atoms with E-state index < -0.39 is 10.0 Å². The monoisotopic (exact) mass is 197 g/mol. The third kappa shape index (κ3) is 3.98. The molecule has 0 aliphatic heterocycles. The van der Waals surface area contributed by atoms with Gasteiger partial charge in [-0.3, -0.25) is 0 Å². The molecule has 0 aromatic carbocycles. The first-order valence-corrected chi connectivity index (χ1v) is 6.24. The molecule has 0 radical (unpaired) electrons. The second kappa shape index (κ2) is 5.00. The van der Waals surface area contributed by atoms with Crippen LogP contribution in [0.2, 0.25) is 0 Å². The molecule has 0 aliphatic rings. The van der Waals surface area contributed by atoms with Crippen LogP contribution in [0.15, 0.2) is 0 Å². The van der Waals surface area contributed by atoms with E-state index in [1.807, 2.05) is 6.92 Å². The molecule has 5 heteroatoms. The second-order valence-corrected chi connectivity index (χ2v) is 5.84. The van der Waals surface area contributed by atoms with Crippen LogP contribution in [-0.2, 0) is 10.0 Å². The summed E-state index contributed by atoms with van der Waals surface area (Å²) in [7, 11) is -1.59. The maximum atomic E-state index is 11.1. The van der Waals surface area contributed by atoms with Crippen molar-refractivity contribution in [2.24, 2.45) is 0 Å². The summed E-state index contributed by atoms with van der Waals surface area (Å²) in [6.45, 7) is 3.73. The summed E-state index contributed by atoms with van der Waals surface area (Å²) in [6.07, 6.45) is 0. The summed E-state index contributed by atoms with van der Waals surface area (Å²) in [5, 5.41) is -0.294. The van der Waals surface area contributed by atoms with E-state index in [4.69, 9.17) is 0 Å². The molecule has 0 aromatic rings. The van der Waals surface area contributed by atoms with Gasteiger partial charge in [0.15, 0.2) is 0 Å². The zero-order valence-corrected chi connectivity index (χ0v) is 8.76. The van der Waals surface area contributed by atoms with Crippen molar-refractivity contribution in [3.63, 3.8) is 0 Å². The highest BCUT2D eigenvalue weighted by Crippen LogP contribution is 2.07. The molecule has 0 aliphatic carbocycles. The zero-order chi connectivity index (χ0) is 8.91. The van der Waals surface area contributed by atoms with E-state index in [1.165, 1.54) is 7.05 Å². The molecule has 1 atom stereocenters. The minimum absolute atomic E-state index is 0.294. The van der Waals surface area contributed by atoms with Crippen LogP contribution in [0.25, 0.3) is 0 Å². The predicted octanol–water partition coefficient (Wildman–Crippen LogP) is 0.677. The molecule has 0 bridgehead atoms. The van der Waals surface area contributed by atoms with Crippen molar-refractivity contribution in [1.29, 1.82) is 0 Å². The molecule has 11 heavy (non-hydrogen) atoms. The zero-order valence-electron chi connectivity index (χ0n) is 7.12. The fraction of sp³-hybridized carbons (Fsp3) is 1.00. The van der Waals surface area contributed by atoms with Gasteiger partial charge in [-0.05, 0) is 19.7 Å². The first-order chi connectivity index (χ1) is 5.04. The molecule has 0 heterocycles. The van der Waals surface area contributed by atoms with E-state index >= 15 is 0 Å². The van der Waals surface area contributed by atoms with Crippen molar-refractivity contribution in [3.8, 4) is 0 Å². The summed E-state index contributed by atoms with van der Waals surface area (Å²) in [5.41, 5.74) is 0. The molecule has 1 unspecified atom stereocenters. The number of thioether (sulfide) groups is 1. The van der Waals surface area contributed by atoms with E-state index in [0.717, 1.165) is 5.75 Å². The third-order valence-electron chi connectivity index (χ3n) is 1.37. The van der Waals surface area contributed by atoms with Crippen LogP contribution in [0.5, 0.6) is 0 Å². The average molecular weight is 197 g/mol. The Labute approximate surface area is 73.0 Å². The lowest BCUT2D eigenvalue weighted by molar-refractivity contribution is 0.580. The normalized spacial score (nSPS) is 14.8. The molecule has 3 nitrogen and oxygen atoms in total. The van der Waals surface area contributed by atoms with Gasteiger partial charge in [0.1, 0.15) is 0 Å². The van der Waals surface area contributed by atoms with Gasteiger partial charge in [0.2, 0.25) is 10.0 Å². The summed E-state index contributed by atoms with van der Waals surface area (Å²) in [5.74, 6) is 1.63. The van der Waals surface area contributed by atoms with Gasteiger partial charge < -0.3 is 0 Å². The van der Waals surface area contributed by atoms with Crippen LogP contribution in [0.3, 0.4) is 0 Å². The van der Waals surface area contributed by atoms with Gasteiger partial charge in [0, 0.05) is 5.75 Å². The fourth-order valence-corrected chi connectivity index (χ4v) is 2.55. The molecule has 0 saturated heterocycles. The minimum atomic E-state index is -3.04. The number of hydrogen-bond donors (Lipinski definition) is 1. The van der Waals surface area contributed by atoms with Crippen LogP contribution in [0.4, 0.5) is 0 Å². The number of sulfonamides is 1. The van der Waals surface area contributed by atoms with Gasteiger partial charge in [-0.2, -0.15) is 11.8 Å². The van der Waals surface area contributed by atoms with E-state index in [-0.39, 0.29) is 5.25 Å². The van der Waals surface area contributed by atoms with Crippen LogP contribution in [0, 0.1) is 0 Å². The highest BCUT2D eigenvalue weighted by molar-refractivity contribution is 8.00. The molecule has 0 spiro atoms. The number of hydrogen-bond acceptors (Lipinski definition) is 3. The van der Waals surface area contributed by atoms with Crippen LogP contribution in [-0.4, -0.2) is 32.2 Å². The van der Waals surface area contributed by atoms with Crippen LogP contribution >= 0.6 is 11.8 Å². The van der Waals surface area contributed by atoms with Crippen molar-refractivity contribution in [3.05, 3.63) is 0 Å². The Kier molecular flexibility index (Phi) is 5.12. The van der Waals surface area contributed by atoms with Crippen LogP contribution < -0.4 is 4.72 Å². The Bertz CT molecular complexity index is 189. The van der Waals surface area contributed by atoms with Gasteiger partial charge in [-0.15, -0.1) is 0 Å². The highest BCUT2D eigenvalue weighted by atomic mass is 32.2. The smallest absolute Gasteiger partial charge is 0.214 e. The Balaban J connectivity index is 3.93. The Hall–Kier alpha value is 0.260. The van der Waals surface area contributed by atoms with Gasteiger partial charge in [-0.1, -0.05) is 6.92 Å². The molecular weight excluding hydrogens is 182 g/mol. The van der Waals surface area contributed by atoms with Gasteiger partial charge >= 0.3 is 0 Å². The van der Waals surface area contributed by atoms with Crippen molar-refractivity contribution in [1.82, 2.24) is 4.72 Å². The van der Waals surface area contributed by atoms with Crippen molar-refractivity contribution in [2.45, 2.75) is 19.1 Å². The van der Waals surface area contributed by atoms with Gasteiger partial charge in [-0.25, -0.2) is 13.1 Å². The summed E-state index contributed by atoms with van der Waals surface area (Å²) in [4.78, 5) is 0. The molecule has 0 fully saturated rings. The van der Waals surface area contributed by atoms with E-state index in [9.17, 15) is 8.42 Å². The summed E-state index contributed by atoms with van der Waals surface area (Å²) in [6, 6.07) is 0.